The van der Waals surface area contributed by atoms with Crippen molar-refractivity contribution in [3.8, 4) is 5.75 Å². The van der Waals surface area contributed by atoms with E-state index in [4.69, 9.17) is 4.74 Å². The summed E-state index contributed by atoms with van der Waals surface area (Å²) in [5, 5.41) is 49.5. The number of phenols is 1. The molecule has 4 fully saturated rings. The highest BCUT2D eigenvalue weighted by Crippen LogP contribution is 2.70. The van der Waals surface area contributed by atoms with Crippen LogP contribution in [-0.2, 0) is 9.53 Å². The maximum absolute atomic E-state index is 12.7. The fourth-order valence-corrected chi connectivity index (χ4v) is 9.29. The quantitative estimate of drug-likeness (QED) is 0.225. The molecular formula is C30H38N2O7. The number of ether oxygens (including phenoxy) is 1. The van der Waals surface area contributed by atoms with Crippen LogP contribution < -0.4 is 5.43 Å². The van der Waals surface area contributed by atoms with Gasteiger partial charge in [0, 0.05) is 29.5 Å². The zero-order chi connectivity index (χ0) is 27.6. The third-order valence-electron chi connectivity index (χ3n) is 11.2. The van der Waals surface area contributed by atoms with E-state index in [1.807, 2.05) is 0 Å². The van der Waals surface area contributed by atoms with Crippen LogP contribution in [0.15, 0.2) is 41.0 Å². The Bertz CT molecular complexity index is 1250. The van der Waals surface area contributed by atoms with E-state index in [1.54, 1.807) is 24.4 Å². The van der Waals surface area contributed by atoms with E-state index in [2.05, 4.69) is 17.5 Å². The lowest BCUT2D eigenvalue weighted by atomic mass is 9.41. The summed E-state index contributed by atoms with van der Waals surface area (Å²) < 4.78 is 5.22. The maximum Gasteiger partial charge on any atom is 0.331 e. The molecule has 0 bridgehead atoms. The largest absolute Gasteiger partial charge is 0.507 e. The van der Waals surface area contributed by atoms with E-state index < -0.39 is 34.0 Å². The highest BCUT2D eigenvalue weighted by Gasteiger charge is 2.71. The Morgan fingerprint density at radius 1 is 1.08 bits per heavy atom. The number of esters is 1. The van der Waals surface area contributed by atoms with Gasteiger partial charge in [0.15, 0.2) is 0 Å². The van der Waals surface area contributed by atoms with Gasteiger partial charge in [0.2, 0.25) is 0 Å². The van der Waals surface area contributed by atoms with Crippen molar-refractivity contribution in [2.45, 2.75) is 82.0 Å². The zero-order valence-corrected chi connectivity index (χ0v) is 22.3. The van der Waals surface area contributed by atoms with E-state index in [0.717, 1.165) is 24.8 Å². The molecule has 1 heterocycles. The second-order valence-corrected chi connectivity index (χ2v) is 12.7. The van der Waals surface area contributed by atoms with Gasteiger partial charge in [-0.1, -0.05) is 19.1 Å². The highest BCUT2D eigenvalue weighted by atomic mass is 16.5. The Balaban J connectivity index is 1.33. The van der Waals surface area contributed by atoms with Gasteiger partial charge in [-0.2, -0.15) is 5.10 Å². The van der Waals surface area contributed by atoms with Gasteiger partial charge < -0.3 is 25.2 Å². The van der Waals surface area contributed by atoms with Crippen LogP contribution in [0, 0.1) is 28.6 Å². The van der Waals surface area contributed by atoms with Crippen LogP contribution in [0.1, 0.15) is 75.1 Å². The predicted molar refractivity (Wildman–Crippen MR) is 142 cm³/mol. The van der Waals surface area contributed by atoms with Gasteiger partial charge in [-0.05, 0) is 86.8 Å². The van der Waals surface area contributed by atoms with E-state index in [1.165, 1.54) is 12.1 Å². The number of phenolic OH excluding ortho intramolecular Hbond substituents is 1. The molecule has 1 aromatic carbocycles. The minimum atomic E-state index is -1.22. The van der Waals surface area contributed by atoms with Crippen LogP contribution in [0.2, 0.25) is 0 Å². The lowest BCUT2D eigenvalue weighted by Crippen LogP contribution is -2.68. The maximum atomic E-state index is 12.7. The van der Waals surface area contributed by atoms with Gasteiger partial charge in [-0.25, -0.2) is 10.2 Å². The lowest BCUT2D eigenvalue weighted by Gasteiger charge is -2.65. The molecule has 1 aromatic rings. The minimum Gasteiger partial charge on any atom is -0.507 e. The Hall–Kier alpha value is -2.75. The van der Waals surface area contributed by atoms with Crippen molar-refractivity contribution in [1.82, 2.24) is 5.43 Å². The molecule has 9 nitrogen and oxygen atoms in total. The normalized spacial score (nSPS) is 43.3. The number of rotatable bonds is 4. The van der Waals surface area contributed by atoms with Crippen LogP contribution in [0.3, 0.4) is 0 Å². The SMILES string of the molecule is C[C@]12CC[C@H]3[C@@H](CC[C@]4(O)C[C@H](O)CC[C@]34/C=N\NC(=O)c3ccccc3O)[C@@]1(O)CC[C@H]2C1=CC(=O)OC1. The second kappa shape index (κ2) is 9.14. The molecule has 5 N–H and O–H groups in total. The van der Waals surface area contributed by atoms with Gasteiger partial charge >= 0.3 is 5.97 Å². The molecule has 1 amide bonds. The topological polar surface area (TPSA) is 149 Å². The molecular weight excluding hydrogens is 500 g/mol. The Kier molecular flexibility index (Phi) is 6.21. The number of para-hydroxylation sites is 1. The van der Waals surface area contributed by atoms with Gasteiger partial charge in [0.05, 0.1) is 22.9 Å². The van der Waals surface area contributed by atoms with Crippen LogP contribution in [0.4, 0.5) is 0 Å². The first-order chi connectivity index (χ1) is 18.5. The number of hydrogen-bond acceptors (Lipinski definition) is 8. The zero-order valence-electron chi connectivity index (χ0n) is 22.3. The van der Waals surface area contributed by atoms with Crippen molar-refractivity contribution in [1.29, 1.82) is 0 Å². The molecule has 0 radical (unpaired) electrons. The van der Waals surface area contributed by atoms with Crippen LogP contribution in [-0.4, -0.2) is 62.4 Å². The van der Waals surface area contributed by atoms with Crippen LogP contribution in [0.5, 0.6) is 5.75 Å². The summed E-state index contributed by atoms with van der Waals surface area (Å²) in [6, 6.07) is 6.23. The number of hydrazone groups is 1. The molecule has 5 aliphatic rings. The third kappa shape index (κ3) is 3.80. The Morgan fingerprint density at radius 2 is 1.85 bits per heavy atom. The van der Waals surface area contributed by atoms with Crippen LogP contribution in [0.25, 0.3) is 0 Å². The summed E-state index contributed by atoms with van der Waals surface area (Å²) in [5.74, 6) is -1.15. The Labute approximate surface area is 228 Å². The molecule has 9 heteroatoms. The second-order valence-electron chi connectivity index (χ2n) is 12.7. The molecule has 0 unspecified atom stereocenters. The standard InChI is InChI=1S/C30H38N2O7/c1-27-10-7-22-23(30(27,38)13-9-21(27)18-14-25(35)39-16-18)8-12-29(37)15-19(33)6-11-28(22,29)17-31-32-26(36)20-4-2-3-5-24(20)34/h2-5,14,17,19,21-23,33-34,37-38H,6-13,15-16H2,1H3,(H,32,36)/b31-17-/t19-,21+,22+,23-,27-,28+,29+,30+/m1/s1. The van der Waals surface area contributed by atoms with E-state index in [-0.39, 0.29) is 48.1 Å². The molecule has 0 spiro atoms. The van der Waals surface area contributed by atoms with Crippen molar-refractivity contribution in [3.63, 3.8) is 0 Å². The van der Waals surface area contributed by atoms with Gasteiger partial charge in [-0.15, -0.1) is 0 Å². The lowest BCUT2D eigenvalue weighted by molar-refractivity contribution is -0.237. The van der Waals surface area contributed by atoms with E-state index >= 15 is 0 Å². The first kappa shape index (κ1) is 26.5. The fraction of sp³-hybridized carbons (Fsp3) is 0.633. The molecule has 4 saturated carbocycles. The number of cyclic esters (lactones) is 1. The number of aliphatic hydroxyl groups is 3. The number of amides is 1. The number of fused-ring (bicyclic) bond motifs is 5. The molecule has 0 aromatic heterocycles. The average molecular weight is 539 g/mol. The predicted octanol–water partition coefficient (Wildman–Crippen LogP) is 2.82. The highest BCUT2D eigenvalue weighted by molar-refractivity contribution is 5.97. The van der Waals surface area contributed by atoms with Gasteiger partial charge in [0.1, 0.15) is 12.4 Å². The van der Waals surface area contributed by atoms with E-state index in [0.29, 0.717) is 32.1 Å². The van der Waals surface area contributed by atoms with Crippen molar-refractivity contribution >= 4 is 18.1 Å². The molecule has 4 aliphatic carbocycles. The first-order valence-electron chi connectivity index (χ1n) is 14.2. The number of carbonyl (C=O) groups is 2. The summed E-state index contributed by atoms with van der Waals surface area (Å²) in [5.41, 5.74) is 0.149. The number of carbonyl (C=O) groups excluding carboxylic acids is 2. The molecule has 8 atom stereocenters. The summed E-state index contributed by atoms with van der Waals surface area (Å²) in [6.45, 7) is 2.43. The van der Waals surface area contributed by atoms with E-state index in [9.17, 15) is 30.0 Å². The van der Waals surface area contributed by atoms with Crippen molar-refractivity contribution < 1.29 is 34.8 Å². The minimum absolute atomic E-state index is 0.0614. The van der Waals surface area contributed by atoms with Crippen molar-refractivity contribution in [3.05, 3.63) is 41.5 Å². The number of hydrogen-bond donors (Lipinski definition) is 5. The van der Waals surface area contributed by atoms with Crippen molar-refractivity contribution in [2.24, 2.45) is 33.7 Å². The number of nitrogens with one attached hydrogen (secondary N) is 1. The Morgan fingerprint density at radius 3 is 2.59 bits per heavy atom. The first-order valence-corrected chi connectivity index (χ1v) is 14.2. The number of aromatic hydroxyl groups is 1. The summed E-state index contributed by atoms with van der Waals surface area (Å²) in [7, 11) is 0. The third-order valence-corrected chi connectivity index (χ3v) is 11.2. The van der Waals surface area contributed by atoms with Crippen molar-refractivity contribution in [2.75, 3.05) is 6.61 Å². The van der Waals surface area contributed by atoms with Gasteiger partial charge in [0.25, 0.3) is 5.91 Å². The number of nitrogens with zero attached hydrogens (tertiary/aromatic N) is 1. The molecule has 210 valence electrons. The fourth-order valence-electron chi connectivity index (χ4n) is 9.29. The molecule has 0 saturated heterocycles. The molecule has 39 heavy (non-hydrogen) atoms. The number of aliphatic hydroxyl groups excluding tert-OH is 1. The van der Waals surface area contributed by atoms with Crippen LogP contribution >= 0.6 is 0 Å². The summed E-state index contributed by atoms with van der Waals surface area (Å²) in [6.07, 6.45) is 7.75. The molecule has 1 aliphatic heterocycles. The average Bonchev–Trinajstić information content (AvgIpc) is 3.44. The monoisotopic (exact) mass is 538 g/mol. The smallest absolute Gasteiger partial charge is 0.331 e. The summed E-state index contributed by atoms with van der Waals surface area (Å²) in [4.78, 5) is 24.6. The molecule has 6 rings (SSSR count). The van der Waals surface area contributed by atoms with Gasteiger partial charge in [-0.3, -0.25) is 4.79 Å². The summed E-state index contributed by atoms with van der Waals surface area (Å²) >= 11 is 0. The number of benzene rings is 1.